The zero-order valence-corrected chi connectivity index (χ0v) is 11.4. The van der Waals surface area contributed by atoms with Gasteiger partial charge in [-0.1, -0.05) is 0 Å². The molecule has 0 bridgehead atoms. The Bertz CT molecular complexity index is 299. The molecule has 1 aliphatic rings. The molecule has 0 aliphatic carbocycles. The Kier molecular flexibility index (Phi) is 5.50. The molecule has 0 radical (unpaired) electrons. The van der Waals surface area contributed by atoms with Crippen molar-refractivity contribution >= 4 is 21.6 Å². The maximum Gasteiger partial charge on any atom is 0.217 e. The second kappa shape index (κ2) is 6.19. The zero-order valence-electron chi connectivity index (χ0n) is 9.86. The van der Waals surface area contributed by atoms with Crippen molar-refractivity contribution in [3.8, 4) is 0 Å². The fraction of sp³-hybridized carbons (Fsp3) is 1.00. The number of sulfonamides is 1. The highest BCUT2D eigenvalue weighted by Crippen LogP contribution is 2.21. The topological polar surface area (TPSA) is 46.6 Å². The molecule has 0 aromatic carbocycles. The van der Waals surface area contributed by atoms with Gasteiger partial charge in [0.1, 0.15) is 0 Å². The predicted molar refractivity (Wildman–Crippen MR) is 65.3 cm³/mol. The number of rotatable bonds is 5. The van der Waals surface area contributed by atoms with Gasteiger partial charge in [-0.05, 0) is 26.7 Å². The normalized spacial score (nSPS) is 19.6. The summed E-state index contributed by atoms with van der Waals surface area (Å²) in [5, 5.41) is -0.299. The van der Waals surface area contributed by atoms with Crippen LogP contribution in [-0.4, -0.2) is 49.7 Å². The maximum absolute atomic E-state index is 12.3. The Morgan fingerprint density at radius 3 is 2.38 bits per heavy atom. The third kappa shape index (κ3) is 3.32. The van der Waals surface area contributed by atoms with Crippen LogP contribution in [0.15, 0.2) is 0 Å². The fourth-order valence-corrected chi connectivity index (χ4v) is 4.31. The monoisotopic (exact) mass is 269 g/mol. The van der Waals surface area contributed by atoms with Crippen molar-refractivity contribution in [3.63, 3.8) is 0 Å². The van der Waals surface area contributed by atoms with Crippen LogP contribution in [0.2, 0.25) is 0 Å². The van der Waals surface area contributed by atoms with Gasteiger partial charge in [0, 0.05) is 31.7 Å². The molecule has 0 aromatic rings. The Labute approximate surface area is 103 Å². The van der Waals surface area contributed by atoms with Crippen LogP contribution in [0.25, 0.3) is 0 Å². The van der Waals surface area contributed by atoms with Gasteiger partial charge in [-0.25, -0.2) is 8.42 Å². The Morgan fingerprint density at radius 1 is 1.38 bits per heavy atom. The number of nitrogens with zero attached hydrogens (tertiary/aromatic N) is 1. The first-order valence-electron chi connectivity index (χ1n) is 5.64. The Balaban J connectivity index is 2.79. The fourth-order valence-electron chi connectivity index (χ4n) is 1.93. The lowest BCUT2D eigenvalue weighted by Gasteiger charge is -2.31. The van der Waals surface area contributed by atoms with Gasteiger partial charge < -0.3 is 4.74 Å². The molecule has 1 aliphatic heterocycles. The first kappa shape index (κ1) is 14.2. The summed E-state index contributed by atoms with van der Waals surface area (Å²) in [5.74, 6) is 0.334. The van der Waals surface area contributed by atoms with Crippen LogP contribution in [0.1, 0.15) is 26.7 Å². The molecule has 0 aromatic heterocycles. The van der Waals surface area contributed by atoms with E-state index in [0.717, 1.165) is 0 Å². The van der Waals surface area contributed by atoms with E-state index in [1.807, 2.05) is 13.8 Å². The van der Waals surface area contributed by atoms with Gasteiger partial charge in [0.2, 0.25) is 10.0 Å². The summed E-state index contributed by atoms with van der Waals surface area (Å²) >= 11 is 5.65. The number of alkyl halides is 1. The molecule has 96 valence electrons. The molecule has 0 spiro atoms. The largest absolute Gasteiger partial charge is 0.381 e. The lowest BCUT2D eigenvalue weighted by molar-refractivity contribution is 0.0969. The number of halogens is 1. The van der Waals surface area contributed by atoms with Crippen molar-refractivity contribution in [2.75, 3.05) is 25.6 Å². The molecule has 0 amide bonds. The third-order valence-corrected chi connectivity index (χ3v) is 5.54. The van der Waals surface area contributed by atoms with E-state index in [4.69, 9.17) is 16.3 Å². The average Bonchev–Trinajstić information content (AvgIpc) is 2.26. The van der Waals surface area contributed by atoms with Gasteiger partial charge >= 0.3 is 0 Å². The molecule has 0 atom stereocenters. The zero-order chi connectivity index (χ0) is 12.2. The highest BCUT2D eigenvalue weighted by atomic mass is 35.5. The van der Waals surface area contributed by atoms with E-state index in [-0.39, 0.29) is 11.3 Å². The van der Waals surface area contributed by atoms with E-state index >= 15 is 0 Å². The van der Waals surface area contributed by atoms with Gasteiger partial charge in [0.15, 0.2) is 0 Å². The highest BCUT2D eigenvalue weighted by Gasteiger charge is 2.34. The minimum absolute atomic E-state index is 0.0356. The van der Waals surface area contributed by atoms with Crippen molar-refractivity contribution in [3.05, 3.63) is 0 Å². The van der Waals surface area contributed by atoms with E-state index in [1.165, 1.54) is 4.31 Å². The number of hydrogen-bond donors (Lipinski definition) is 0. The number of hydrogen-bond acceptors (Lipinski definition) is 3. The summed E-state index contributed by atoms with van der Waals surface area (Å²) in [5.41, 5.74) is 0. The molecule has 0 N–H and O–H groups in total. The summed E-state index contributed by atoms with van der Waals surface area (Å²) in [6, 6.07) is -0.0356. The molecule has 1 heterocycles. The predicted octanol–water partition coefficient (Wildman–Crippen LogP) is 1.44. The summed E-state index contributed by atoms with van der Waals surface area (Å²) in [6.07, 6.45) is 1.18. The highest BCUT2D eigenvalue weighted by molar-refractivity contribution is 7.89. The van der Waals surface area contributed by atoms with Crippen LogP contribution in [0.4, 0.5) is 0 Å². The van der Waals surface area contributed by atoms with Gasteiger partial charge in [0.05, 0.1) is 5.25 Å². The van der Waals surface area contributed by atoms with Gasteiger partial charge in [0.25, 0.3) is 0 Å². The van der Waals surface area contributed by atoms with Crippen LogP contribution >= 0.6 is 11.6 Å². The van der Waals surface area contributed by atoms with E-state index in [0.29, 0.717) is 38.5 Å². The molecule has 1 rings (SSSR count). The van der Waals surface area contributed by atoms with Crippen LogP contribution < -0.4 is 0 Å². The van der Waals surface area contributed by atoms with Crippen molar-refractivity contribution in [2.24, 2.45) is 0 Å². The van der Waals surface area contributed by atoms with Crippen LogP contribution in [0.3, 0.4) is 0 Å². The van der Waals surface area contributed by atoms with Crippen LogP contribution in [-0.2, 0) is 14.8 Å². The SMILES string of the molecule is CC(C)N(CCCl)S(=O)(=O)C1CCOCC1. The first-order valence-corrected chi connectivity index (χ1v) is 7.68. The van der Waals surface area contributed by atoms with E-state index in [1.54, 1.807) is 0 Å². The minimum Gasteiger partial charge on any atom is -0.381 e. The van der Waals surface area contributed by atoms with Crippen LogP contribution in [0.5, 0.6) is 0 Å². The summed E-state index contributed by atoms with van der Waals surface area (Å²) in [4.78, 5) is 0. The maximum atomic E-state index is 12.3. The second-order valence-electron chi connectivity index (χ2n) is 4.25. The lowest BCUT2D eigenvalue weighted by Crippen LogP contribution is -2.45. The van der Waals surface area contributed by atoms with Crippen molar-refractivity contribution < 1.29 is 13.2 Å². The van der Waals surface area contributed by atoms with Crippen molar-refractivity contribution in [2.45, 2.75) is 38.0 Å². The van der Waals surface area contributed by atoms with E-state index in [2.05, 4.69) is 0 Å². The van der Waals surface area contributed by atoms with Gasteiger partial charge in [-0.3, -0.25) is 0 Å². The molecule has 0 saturated carbocycles. The molecule has 1 fully saturated rings. The quantitative estimate of drug-likeness (QED) is 0.710. The molecular formula is C10H20ClNO3S. The minimum atomic E-state index is -3.22. The standard InChI is InChI=1S/C10H20ClNO3S/c1-9(2)12(6-5-11)16(13,14)10-3-7-15-8-4-10/h9-10H,3-8H2,1-2H3. The van der Waals surface area contributed by atoms with Crippen molar-refractivity contribution in [1.29, 1.82) is 0 Å². The molecular weight excluding hydrogens is 250 g/mol. The summed E-state index contributed by atoms with van der Waals surface area (Å²) in [7, 11) is -3.22. The Hall–Kier alpha value is 0.160. The molecule has 1 saturated heterocycles. The second-order valence-corrected chi connectivity index (χ2v) is 6.79. The lowest BCUT2D eigenvalue weighted by atomic mass is 10.2. The molecule has 0 unspecified atom stereocenters. The van der Waals surface area contributed by atoms with Crippen molar-refractivity contribution in [1.82, 2.24) is 4.31 Å². The first-order chi connectivity index (χ1) is 7.50. The van der Waals surface area contributed by atoms with E-state index in [9.17, 15) is 8.42 Å². The average molecular weight is 270 g/mol. The molecule has 6 heteroatoms. The summed E-state index contributed by atoms with van der Waals surface area (Å²) in [6.45, 7) is 5.22. The smallest absolute Gasteiger partial charge is 0.217 e. The van der Waals surface area contributed by atoms with Crippen LogP contribution in [0, 0.1) is 0 Å². The van der Waals surface area contributed by atoms with Gasteiger partial charge in [-0.2, -0.15) is 4.31 Å². The van der Waals surface area contributed by atoms with E-state index < -0.39 is 10.0 Å². The summed E-state index contributed by atoms with van der Waals surface area (Å²) < 4.78 is 31.4. The molecule has 16 heavy (non-hydrogen) atoms. The molecule has 4 nitrogen and oxygen atoms in total. The number of ether oxygens (including phenoxy) is 1. The van der Waals surface area contributed by atoms with Gasteiger partial charge in [-0.15, -0.1) is 11.6 Å². The third-order valence-electron chi connectivity index (χ3n) is 2.80. The Morgan fingerprint density at radius 2 is 1.94 bits per heavy atom.